The largest absolute Gasteiger partial charge is 0.323 e. The van der Waals surface area contributed by atoms with Crippen LogP contribution in [-0.2, 0) is 0 Å². The lowest BCUT2D eigenvalue weighted by Gasteiger charge is -2.16. The zero-order chi connectivity index (χ0) is 9.14. The molecule has 0 saturated carbocycles. The van der Waals surface area contributed by atoms with Gasteiger partial charge in [0.15, 0.2) is 0 Å². The first-order valence-electron chi connectivity index (χ1n) is 4.47. The molecule has 0 bridgehead atoms. The standard InChI is InChI=1S/C10H17NS.ClH/c1-4-7(2)10(11)9-6-5-8(3)12-9;/h5-7,10H,4,11H2,1-3H3;1H/t7?,10-;/m1./s1. The van der Waals surface area contributed by atoms with Crippen LogP contribution < -0.4 is 5.73 Å². The van der Waals surface area contributed by atoms with Crippen molar-refractivity contribution < 1.29 is 0 Å². The fourth-order valence-corrected chi connectivity index (χ4v) is 2.18. The lowest BCUT2D eigenvalue weighted by molar-refractivity contribution is 0.462. The monoisotopic (exact) mass is 219 g/mol. The van der Waals surface area contributed by atoms with E-state index in [-0.39, 0.29) is 18.4 Å². The molecule has 1 aromatic rings. The molecular weight excluding hydrogens is 202 g/mol. The van der Waals surface area contributed by atoms with Crippen LogP contribution in [0.2, 0.25) is 0 Å². The Hall–Kier alpha value is -0.0500. The zero-order valence-electron chi connectivity index (χ0n) is 8.41. The summed E-state index contributed by atoms with van der Waals surface area (Å²) >= 11 is 1.81. The van der Waals surface area contributed by atoms with Gasteiger partial charge in [-0.2, -0.15) is 0 Å². The van der Waals surface area contributed by atoms with Crippen molar-refractivity contribution in [3.05, 3.63) is 21.9 Å². The van der Waals surface area contributed by atoms with E-state index in [1.807, 2.05) is 11.3 Å². The molecule has 76 valence electrons. The average Bonchev–Trinajstić information content (AvgIpc) is 2.49. The third kappa shape index (κ3) is 3.29. The van der Waals surface area contributed by atoms with Gasteiger partial charge < -0.3 is 5.73 Å². The molecule has 0 aliphatic rings. The second-order valence-electron chi connectivity index (χ2n) is 3.36. The number of hydrogen-bond donors (Lipinski definition) is 1. The number of thiophene rings is 1. The van der Waals surface area contributed by atoms with Crippen molar-refractivity contribution in [2.45, 2.75) is 33.2 Å². The fraction of sp³-hybridized carbons (Fsp3) is 0.600. The Balaban J connectivity index is 0.00000144. The predicted octanol–water partition coefficient (Wildman–Crippen LogP) is 3.52. The Labute approximate surface area is 90.8 Å². The lowest BCUT2D eigenvalue weighted by atomic mass is 9.99. The molecule has 0 amide bonds. The summed E-state index contributed by atoms with van der Waals surface area (Å²) in [6.07, 6.45) is 1.15. The predicted molar refractivity (Wildman–Crippen MR) is 62.7 cm³/mol. The molecule has 1 heterocycles. The zero-order valence-corrected chi connectivity index (χ0v) is 10.0. The van der Waals surface area contributed by atoms with Crippen LogP contribution in [0, 0.1) is 12.8 Å². The fourth-order valence-electron chi connectivity index (χ4n) is 1.17. The molecule has 0 radical (unpaired) electrons. The minimum absolute atomic E-state index is 0. The van der Waals surface area contributed by atoms with Crippen molar-refractivity contribution in [3.63, 3.8) is 0 Å². The molecule has 0 aromatic carbocycles. The van der Waals surface area contributed by atoms with E-state index in [0.717, 1.165) is 6.42 Å². The molecule has 0 aliphatic heterocycles. The second-order valence-corrected chi connectivity index (χ2v) is 4.68. The summed E-state index contributed by atoms with van der Waals surface area (Å²) < 4.78 is 0. The van der Waals surface area contributed by atoms with E-state index in [9.17, 15) is 0 Å². The van der Waals surface area contributed by atoms with Gasteiger partial charge in [0.2, 0.25) is 0 Å². The first-order valence-corrected chi connectivity index (χ1v) is 5.28. The highest BCUT2D eigenvalue weighted by molar-refractivity contribution is 7.12. The van der Waals surface area contributed by atoms with E-state index in [2.05, 4.69) is 32.9 Å². The van der Waals surface area contributed by atoms with Crippen molar-refractivity contribution >= 4 is 23.7 Å². The third-order valence-corrected chi connectivity index (χ3v) is 3.45. The maximum Gasteiger partial charge on any atom is 0.0415 e. The number of rotatable bonds is 3. The molecule has 1 unspecified atom stereocenters. The number of hydrogen-bond acceptors (Lipinski definition) is 2. The van der Waals surface area contributed by atoms with Crippen LogP contribution in [0.15, 0.2) is 12.1 Å². The lowest BCUT2D eigenvalue weighted by Crippen LogP contribution is -2.16. The van der Waals surface area contributed by atoms with Crippen LogP contribution in [0.3, 0.4) is 0 Å². The van der Waals surface area contributed by atoms with Gasteiger partial charge in [0, 0.05) is 15.8 Å². The molecule has 0 fully saturated rings. The second kappa shape index (κ2) is 5.63. The molecule has 2 N–H and O–H groups in total. The Kier molecular flexibility index (Phi) is 5.61. The van der Waals surface area contributed by atoms with Crippen LogP contribution in [0.1, 0.15) is 36.1 Å². The molecular formula is C10H18ClNS. The van der Waals surface area contributed by atoms with Gasteiger partial charge in [-0.3, -0.25) is 0 Å². The quantitative estimate of drug-likeness (QED) is 0.827. The molecule has 13 heavy (non-hydrogen) atoms. The Morgan fingerprint density at radius 1 is 1.46 bits per heavy atom. The molecule has 1 nitrogen and oxygen atoms in total. The smallest absolute Gasteiger partial charge is 0.0415 e. The molecule has 1 rings (SSSR count). The van der Waals surface area contributed by atoms with Gasteiger partial charge in [-0.25, -0.2) is 0 Å². The first kappa shape index (κ1) is 12.9. The van der Waals surface area contributed by atoms with Gasteiger partial charge in [0.05, 0.1) is 0 Å². The van der Waals surface area contributed by atoms with Gasteiger partial charge in [0.1, 0.15) is 0 Å². The molecule has 1 aromatic heterocycles. The van der Waals surface area contributed by atoms with E-state index in [0.29, 0.717) is 5.92 Å². The summed E-state index contributed by atoms with van der Waals surface area (Å²) in [5, 5.41) is 0. The van der Waals surface area contributed by atoms with E-state index in [1.54, 1.807) is 0 Å². The summed E-state index contributed by atoms with van der Waals surface area (Å²) in [5.74, 6) is 0.586. The van der Waals surface area contributed by atoms with E-state index < -0.39 is 0 Å². The van der Waals surface area contributed by atoms with Crippen molar-refractivity contribution in [1.82, 2.24) is 0 Å². The van der Waals surface area contributed by atoms with Crippen LogP contribution >= 0.6 is 23.7 Å². The van der Waals surface area contributed by atoms with E-state index in [4.69, 9.17) is 5.73 Å². The van der Waals surface area contributed by atoms with Crippen LogP contribution in [0.5, 0.6) is 0 Å². The van der Waals surface area contributed by atoms with E-state index in [1.165, 1.54) is 9.75 Å². The van der Waals surface area contributed by atoms with Crippen LogP contribution in [0.4, 0.5) is 0 Å². The Morgan fingerprint density at radius 2 is 2.08 bits per heavy atom. The third-order valence-electron chi connectivity index (χ3n) is 2.35. The highest BCUT2D eigenvalue weighted by Gasteiger charge is 2.13. The average molecular weight is 220 g/mol. The van der Waals surface area contributed by atoms with Gasteiger partial charge in [0.25, 0.3) is 0 Å². The van der Waals surface area contributed by atoms with E-state index >= 15 is 0 Å². The Bertz CT molecular complexity index is 247. The summed E-state index contributed by atoms with van der Waals surface area (Å²) in [6, 6.07) is 4.52. The van der Waals surface area contributed by atoms with Gasteiger partial charge >= 0.3 is 0 Å². The topological polar surface area (TPSA) is 26.0 Å². The van der Waals surface area contributed by atoms with Crippen molar-refractivity contribution in [3.8, 4) is 0 Å². The molecule has 2 atom stereocenters. The maximum absolute atomic E-state index is 6.07. The minimum Gasteiger partial charge on any atom is -0.323 e. The molecule has 3 heteroatoms. The summed E-state index contributed by atoms with van der Waals surface area (Å²) in [4.78, 5) is 2.67. The summed E-state index contributed by atoms with van der Waals surface area (Å²) in [6.45, 7) is 6.52. The minimum atomic E-state index is 0. The summed E-state index contributed by atoms with van der Waals surface area (Å²) in [7, 11) is 0. The van der Waals surface area contributed by atoms with Crippen LogP contribution in [-0.4, -0.2) is 0 Å². The van der Waals surface area contributed by atoms with Crippen LogP contribution in [0.25, 0.3) is 0 Å². The Morgan fingerprint density at radius 3 is 2.46 bits per heavy atom. The number of halogens is 1. The van der Waals surface area contributed by atoms with Gasteiger partial charge in [-0.05, 0) is 25.0 Å². The SMILES string of the molecule is CCC(C)[C@@H](N)c1ccc(C)s1.Cl. The molecule has 0 aliphatic carbocycles. The normalized spacial score (nSPS) is 14.8. The summed E-state index contributed by atoms with van der Waals surface area (Å²) in [5.41, 5.74) is 6.07. The van der Waals surface area contributed by atoms with Crippen molar-refractivity contribution in [2.24, 2.45) is 11.7 Å². The number of aryl methyl sites for hydroxylation is 1. The van der Waals surface area contributed by atoms with Gasteiger partial charge in [-0.1, -0.05) is 20.3 Å². The highest BCUT2D eigenvalue weighted by atomic mass is 35.5. The highest BCUT2D eigenvalue weighted by Crippen LogP contribution is 2.27. The van der Waals surface area contributed by atoms with Gasteiger partial charge in [-0.15, -0.1) is 23.7 Å². The van der Waals surface area contributed by atoms with Crippen molar-refractivity contribution in [1.29, 1.82) is 0 Å². The maximum atomic E-state index is 6.07. The molecule has 0 saturated heterocycles. The van der Waals surface area contributed by atoms with Crippen molar-refractivity contribution in [2.75, 3.05) is 0 Å². The molecule has 0 spiro atoms. The first-order chi connectivity index (χ1) is 5.65. The number of nitrogens with two attached hydrogens (primary N) is 1.